The van der Waals surface area contributed by atoms with E-state index >= 15 is 0 Å². The summed E-state index contributed by atoms with van der Waals surface area (Å²) in [6, 6.07) is 0. The lowest BCUT2D eigenvalue weighted by Crippen LogP contribution is -3.00. The zero-order valence-electron chi connectivity index (χ0n) is 9.22. The summed E-state index contributed by atoms with van der Waals surface area (Å²) in [7, 11) is 4.37. The van der Waals surface area contributed by atoms with Crippen LogP contribution < -0.4 is 12.4 Å². The molecule has 0 saturated carbocycles. The van der Waals surface area contributed by atoms with Crippen LogP contribution in [0.3, 0.4) is 0 Å². The number of rotatable bonds is 7. The van der Waals surface area contributed by atoms with E-state index in [1.807, 2.05) is 0 Å². The highest BCUT2D eigenvalue weighted by molar-refractivity contribution is 4.40. The topological polar surface area (TPSA) is 20.2 Å². The van der Waals surface area contributed by atoms with E-state index in [1.54, 1.807) is 0 Å². The van der Waals surface area contributed by atoms with Crippen molar-refractivity contribution in [2.24, 2.45) is 0 Å². The molecule has 0 saturated heterocycles. The highest BCUT2D eigenvalue weighted by atomic mass is 35.5. The first-order valence-electron chi connectivity index (χ1n) is 5.05. The molecule has 0 bridgehead atoms. The van der Waals surface area contributed by atoms with Gasteiger partial charge in [-0.2, -0.15) is 0 Å². The molecule has 3 heteroatoms. The molecule has 0 radical (unpaired) electrons. The fraction of sp³-hybridized carbons (Fsp3) is 1.00. The van der Waals surface area contributed by atoms with Crippen LogP contribution in [0.4, 0.5) is 0 Å². The average Bonchev–Trinajstić information content (AvgIpc) is 1.98. The molecule has 0 heterocycles. The zero-order valence-corrected chi connectivity index (χ0v) is 9.98. The third-order valence-electron chi connectivity index (χ3n) is 2.32. The van der Waals surface area contributed by atoms with Crippen LogP contribution in [0.5, 0.6) is 0 Å². The van der Waals surface area contributed by atoms with Gasteiger partial charge in [0.15, 0.2) is 0 Å². The number of nitrogens with zero attached hydrogens (tertiary/aromatic N) is 1. The third-order valence-corrected chi connectivity index (χ3v) is 2.32. The molecule has 0 aromatic carbocycles. The summed E-state index contributed by atoms with van der Waals surface area (Å²) >= 11 is 0. The molecule has 0 aliphatic rings. The highest BCUT2D eigenvalue weighted by Crippen LogP contribution is 2.04. The summed E-state index contributed by atoms with van der Waals surface area (Å²) in [5.41, 5.74) is 0. The minimum absolute atomic E-state index is 0. The van der Waals surface area contributed by atoms with E-state index in [1.165, 1.54) is 32.2 Å². The van der Waals surface area contributed by atoms with Crippen molar-refractivity contribution in [3.05, 3.63) is 0 Å². The second-order valence-corrected chi connectivity index (χ2v) is 4.17. The molecule has 0 aromatic heterocycles. The summed E-state index contributed by atoms with van der Waals surface area (Å²) in [5, 5.41) is 8.79. The Hall–Kier alpha value is 0.210. The van der Waals surface area contributed by atoms with Gasteiger partial charge in [0.05, 0.1) is 27.2 Å². The second kappa shape index (κ2) is 8.79. The van der Waals surface area contributed by atoms with Crippen molar-refractivity contribution in [3.8, 4) is 0 Å². The first-order valence-corrected chi connectivity index (χ1v) is 5.05. The lowest BCUT2D eigenvalue weighted by atomic mass is 10.2. The summed E-state index contributed by atoms with van der Waals surface area (Å²) in [6.45, 7) is 4.61. The molecule has 82 valence electrons. The predicted octanol–water partition coefficient (Wildman–Crippen LogP) is -1.36. The number of unbranched alkanes of at least 4 members (excludes halogenated alkanes) is 3. The molecule has 1 N–H and O–H groups in total. The van der Waals surface area contributed by atoms with Crippen LogP contribution in [0.15, 0.2) is 0 Å². The molecule has 0 fully saturated rings. The van der Waals surface area contributed by atoms with Gasteiger partial charge in [0.1, 0.15) is 6.54 Å². The van der Waals surface area contributed by atoms with Gasteiger partial charge >= 0.3 is 0 Å². The largest absolute Gasteiger partial charge is 1.00 e. The van der Waals surface area contributed by atoms with Gasteiger partial charge in [0.2, 0.25) is 0 Å². The van der Waals surface area contributed by atoms with Crippen molar-refractivity contribution in [1.29, 1.82) is 0 Å². The minimum Gasteiger partial charge on any atom is -1.00 e. The second-order valence-electron chi connectivity index (χ2n) is 4.17. The van der Waals surface area contributed by atoms with Gasteiger partial charge in [0, 0.05) is 0 Å². The van der Waals surface area contributed by atoms with Crippen molar-refractivity contribution in [2.45, 2.75) is 32.6 Å². The van der Waals surface area contributed by atoms with Gasteiger partial charge in [-0.3, -0.25) is 0 Å². The van der Waals surface area contributed by atoms with Gasteiger partial charge in [-0.25, -0.2) is 0 Å². The van der Waals surface area contributed by atoms with Gasteiger partial charge in [-0.05, 0) is 12.8 Å². The molecule has 2 nitrogen and oxygen atoms in total. The Morgan fingerprint density at radius 2 is 1.62 bits per heavy atom. The molecule has 0 aliphatic carbocycles. The summed E-state index contributed by atoms with van der Waals surface area (Å²) < 4.78 is 0.959. The van der Waals surface area contributed by atoms with Crippen LogP contribution in [0.2, 0.25) is 0 Å². The van der Waals surface area contributed by atoms with Gasteiger partial charge in [0.25, 0.3) is 0 Å². The first kappa shape index (κ1) is 15.7. The van der Waals surface area contributed by atoms with E-state index in [2.05, 4.69) is 21.0 Å². The van der Waals surface area contributed by atoms with E-state index in [9.17, 15) is 0 Å². The maximum absolute atomic E-state index is 8.79. The molecule has 0 spiro atoms. The van der Waals surface area contributed by atoms with E-state index in [4.69, 9.17) is 5.11 Å². The van der Waals surface area contributed by atoms with Crippen LogP contribution in [0, 0.1) is 0 Å². The molecular formula is C10H24ClNO. The molecule has 13 heavy (non-hydrogen) atoms. The molecule has 0 amide bonds. The Morgan fingerprint density at radius 3 is 2.08 bits per heavy atom. The standard InChI is InChI=1S/C10H24NO.ClH/c1-4-5-6-7-8-11(2,3)9-10-12;/h12H,4-10H2,1-3H3;1H/q+1;/p-1. The average molecular weight is 210 g/mol. The Morgan fingerprint density at radius 1 is 1.00 bits per heavy atom. The SMILES string of the molecule is CCCCCC[N+](C)(C)CCO.[Cl-]. The third kappa shape index (κ3) is 10.1. The smallest absolute Gasteiger partial charge is 0.102 e. The number of quaternary nitrogens is 1. The maximum Gasteiger partial charge on any atom is 0.102 e. The molecule has 0 rings (SSSR count). The highest BCUT2D eigenvalue weighted by Gasteiger charge is 2.12. The van der Waals surface area contributed by atoms with Crippen molar-refractivity contribution in [3.63, 3.8) is 0 Å². The number of aliphatic hydroxyl groups excluding tert-OH is 1. The molecule has 0 atom stereocenters. The fourth-order valence-electron chi connectivity index (χ4n) is 1.35. The Kier molecular flexibility index (Phi) is 10.6. The number of hydrogen-bond acceptors (Lipinski definition) is 1. The normalized spacial score (nSPS) is 11.1. The molecular weight excluding hydrogens is 186 g/mol. The number of aliphatic hydroxyl groups is 1. The Bertz CT molecular complexity index is 107. The minimum atomic E-state index is 0. The van der Waals surface area contributed by atoms with Crippen LogP contribution in [0.1, 0.15) is 32.6 Å². The van der Waals surface area contributed by atoms with Gasteiger partial charge in [-0.15, -0.1) is 0 Å². The molecule has 0 aromatic rings. The van der Waals surface area contributed by atoms with Crippen LogP contribution in [-0.2, 0) is 0 Å². The van der Waals surface area contributed by atoms with E-state index in [-0.39, 0.29) is 12.4 Å². The predicted molar refractivity (Wildman–Crippen MR) is 53.1 cm³/mol. The Balaban J connectivity index is 0. The Labute approximate surface area is 88.9 Å². The van der Waals surface area contributed by atoms with E-state index < -0.39 is 0 Å². The van der Waals surface area contributed by atoms with Gasteiger partial charge in [-0.1, -0.05) is 19.8 Å². The monoisotopic (exact) mass is 209 g/mol. The number of halogens is 1. The summed E-state index contributed by atoms with van der Waals surface area (Å²) in [6.07, 6.45) is 5.27. The number of likely N-dealkylation sites (N-methyl/N-ethyl adjacent to an activating group) is 1. The van der Waals surface area contributed by atoms with Crippen LogP contribution in [-0.4, -0.2) is 43.4 Å². The summed E-state index contributed by atoms with van der Waals surface area (Å²) in [4.78, 5) is 0. The zero-order chi connectivity index (χ0) is 9.45. The van der Waals surface area contributed by atoms with Crippen molar-refractivity contribution in [2.75, 3.05) is 33.8 Å². The first-order chi connectivity index (χ1) is 5.62. The summed E-state index contributed by atoms with van der Waals surface area (Å²) in [5.74, 6) is 0. The molecule has 0 aliphatic heterocycles. The van der Waals surface area contributed by atoms with E-state index in [0.717, 1.165) is 11.0 Å². The van der Waals surface area contributed by atoms with Crippen LogP contribution in [0.25, 0.3) is 0 Å². The lowest BCUT2D eigenvalue weighted by Gasteiger charge is -2.28. The van der Waals surface area contributed by atoms with Crippen molar-refractivity contribution in [1.82, 2.24) is 0 Å². The fourth-order valence-corrected chi connectivity index (χ4v) is 1.35. The van der Waals surface area contributed by atoms with Crippen molar-refractivity contribution >= 4 is 0 Å². The van der Waals surface area contributed by atoms with Gasteiger partial charge < -0.3 is 22.0 Å². The quantitative estimate of drug-likeness (QED) is 0.406. The maximum atomic E-state index is 8.79. The number of hydrogen-bond donors (Lipinski definition) is 1. The van der Waals surface area contributed by atoms with Crippen molar-refractivity contribution < 1.29 is 22.0 Å². The molecule has 0 unspecified atom stereocenters. The van der Waals surface area contributed by atoms with Crippen LogP contribution >= 0.6 is 0 Å². The van der Waals surface area contributed by atoms with E-state index in [0.29, 0.717) is 6.61 Å². The lowest BCUT2D eigenvalue weighted by molar-refractivity contribution is -0.890.